The quantitative estimate of drug-likeness (QED) is 0.531. The van der Waals surface area contributed by atoms with Crippen molar-refractivity contribution in [3.63, 3.8) is 0 Å². The van der Waals surface area contributed by atoms with E-state index in [1.165, 1.54) is 0 Å². The maximum absolute atomic E-state index is 11.4. The lowest BCUT2D eigenvalue weighted by Gasteiger charge is -2.27. The average molecular weight is 184 g/mol. The maximum Gasteiger partial charge on any atom is 0.312 e. The van der Waals surface area contributed by atoms with Gasteiger partial charge in [-0.15, -0.1) is 0 Å². The molecule has 4 nitrogen and oxygen atoms in total. The smallest absolute Gasteiger partial charge is 0.312 e. The Morgan fingerprint density at radius 1 is 1.54 bits per heavy atom. The van der Waals surface area contributed by atoms with E-state index in [-0.39, 0.29) is 11.9 Å². The van der Waals surface area contributed by atoms with Crippen molar-refractivity contribution < 1.29 is 19.4 Å². The zero-order chi connectivity index (χ0) is 9.43. The number of fused-ring (bicyclic) bond motifs is 1. The largest absolute Gasteiger partial charge is 0.456 e. The van der Waals surface area contributed by atoms with E-state index in [1.807, 2.05) is 13.8 Å². The minimum absolute atomic E-state index is 0.175. The number of ether oxygens (including phenoxy) is 2. The van der Waals surface area contributed by atoms with Gasteiger partial charge in [-0.3, -0.25) is 4.79 Å². The van der Waals surface area contributed by atoms with Crippen LogP contribution in [0.15, 0.2) is 0 Å². The van der Waals surface area contributed by atoms with E-state index in [1.54, 1.807) is 0 Å². The van der Waals surface area contributed by atoms with Crippen LogP contribution in [-0.4, -0.2) is 34.5 Å². The van der Waals surface area contributed by atoms with Crippen molar-refractivity contribution in [3.8, 4) is 0 Å². The first-order valence-electron chi connectivity index (χ1n) is 4.56. The van der Waals surface area contributed by atoms with E-state index in [0.717, 1.165) is 0 Å². The lowest BCUT2D eigenvalue weighted by Crippen LogP contribution is -2.47. The summed E-state index contributed by atoms with van der Waals surface area (Å²) in [6, 6.07) is 0. The van der Waals surface area contributed by atoms with Crippen LogP contribution in [0.1, 0.15) is 20.3 Å². The van der Waals surface area contributed by atoms with Gasteiger partial charge in [-0.05, 0) is 20.3 Å². The predicted molar refractivity (Wildman–Crippen MR) is 41.9 cm³/mol. The molecule has 3 aliphatic heterocycles. The molecule has 0 aromatic carbocycles. The molecule has 0 amide bonds. The van der Waals surface area contributed by atoms with Crippen molar-refractivity contribution in [3.05, 3.63) is 0 Å². The molecular formula is C9H12O4. The third kappa shape index (κ3) is 0.616. The minimum Gasteiger partial charge on any atom is -0.456 e. The Morgan fingerprint density at radius 2 is 2.23 bits per heavy atom. The molecule has 0 saturated carbocycles. The fourth-order valence-electron chi connectivity index (χ4n) is 3.00. The van der Waals surface area contributed by atoms with E-state index < -0.39 is 23.4 Å². The van der Waals surface area contributed by atoms with E-state index in [9.17, 15) is 9.90 Å². The normalized spacial score (nSPS) is 63.0. The Balaban J connectivity index is 2.15. The molecule has 0 spiro atoms. The summed E-state index contributed by atoms with van der Waals surface area (Å²) in [7, 11) is 0. The van der Waals surface area contributed by atoms with Crippen LogP contribution in [0.25, 0.3) is 0 Å². The molecule has 4 heteroatoms. The second-order valence-corrected chi connectivity index (χ2v) is 4.66. The number of carbonyl (C=O) groups excluding carboxylic acids is 1. The van der Waals surface area contributed by atoms with Gasteiger partial charge in [0.25, 0.3) is 0 Å². The number of hydrogen-bond donors (Lipinski definition) is 1. The van der Waals surface area contributed by atoms with Gasteiger partial charge in [0.1, 0.15) is 11.7 Å². The predicted octanol–water partition coefficient (Wildman–Crippen LogP) is -0.160. The van der Waals surface area contributed by atoms with Gasteiger partial charge in [-0.1, -0.05) is 0 Å². The Hall–Kier alpha value is -0.610. The fourth-order valence-corrected chi connectivity index (χ4v) is 3.00. The number of esters is 1. The summed E-state index contributed by atoms with van der Waals surface area (Å²) in [5.41, 5.74) is -1.15. The van der Waals surface area contributed by atoms with Gasteiger partial charge in [-0.25, -0.2) is 0 Å². The summed E-state index contributed by atoms with van der Waals surface area (Å²) in [6.45, 7) is 3.70. The second kappa shape index (κ2) is 1.77. The summed E-state index contributed by atoms with van der Waals surface area (Å²) < 4.78 is 10.8. The fraction of sp³-hybridized carbons (Fsp3) is 0.889. The molecule has 3 rings (SSSR count). The molecule has 0 aromatic heterocycles. The van der Waals surface area contributed by atoms with Crippen LogP contribution in [0.3, 0.4) is 0 Å². The molecule has 3 fully saturated rings. The number of aliphatic hydroxyl groups is 1. The van der Waals surface area contributed by atoms with E-state index >= 15 is 0 Å². The summed E-state index contributed by atoms with van der Waals surface area (Å²) in [6.07, 6.45) is -0.538. The van der Waals surface area contributed by atoms with Gasteiger partial charge in [0.2, 0.25) is 0 Å². The molecule has 0 aliphatic carbocycles. The molecule has 5 unspecified atom stereocenters. The third-order valence-electron chi connectivity index (χ3n) is 3.76. The van der Waals surface area contributed by atoms with Crippen molar-refractivity contribution >= 4 is 5.97 Å². The molecule has 13 heavy (non-hydrogen) atoms. The minimum atomic E-state index is -0.666. The molecule has 3 heterocycles. The van der Waals surface area contributed by atoms with Crippen molar-refractivity contribution in [1.82, 2.24) is 0 Å². The Bertz CT molecular complexity index is 302. The van der Waals surface area contributed by atoms with Crippen LogP contribution < -0.4 is 0 Å². The molecule has 0 aromatic rings. The number of aliphatic hydroxyl groups excluding tert-OH is 1. The first-order valence-corrected chi connectivity index (χ1v) is 4.56. The highest BCUT2D eigenvalue weighted by Gasteiger charge is 2.75. The Labute approximate surface area is 75.8 Å². The zero-order valence-corrected chi connectivity index (χ0v) is 7.61. The van der Waals surface area contributed by atoms with E-state index in [2.05, 4.69) is 0 Å². The van der Waals surface area contributed by atoms with Gasteiger partial charge >= 0.3 is 5.97 Å². The molecule has 0 radical (unpaired) electrons. The molecule has 72 valence electrons. The van der Waals surface area contributed by atoms with Crippen LogP contribution in [0.2, 0.25) is 0 Å². The Morgan fingerprint density at radius 3 is 2.77 bits per heavy atom. The summed E-state index contributed by atoms with van der Waals surface area (Å²) in [5.74, 6) is -0.390. The monoisotopic (exact) mass is 184 g/mol. The van der Waals surface area contributed by atoms with Crippen LogP contribution in [0.4, 0.5) is 0 Å². The van der Waals surface area contributed by atoms with Crippen molar-refractivity contribution in [1.29, 1.82) is 0 Å². The SMILES string of the molecule is CC12CC3C(=O)OC(C1O)C3(C)O2. The van der Waals surface area contributed by atoms with Gasteiger partial charge in [0.15, 0.2) is 6.10 Å². The molecule has 1 N–H and O–H groups in total. The third-order valence-corrected chi connectivity index (χ3v) is 3.76. The van der Waals surface area contributed by atoms with Crippen LogP contribution >= 0.6 is 0 Å². The van der Waals surface area contributed by atoms with E-state index in [0.29, 0.717) is 6.42 Å². The molecule has 2 bridgehead atoms. The van der Waals surface area contributed by atoms with Crippen LogP contribution in [0.5, 0.6) is 0 Å². The van der Waals surface area contributed by atoms with Crippen molar-refractivity contribution in [2.24, 2.45) is 5.92 Å². The molecule has 3 saturated heterocycles. The van der Waals surface area contributed by atoms with Crippen LogP contribution in [0, 0.1) is 5.92 Å². The maximum atomic E-state index is 11.4. The first-order chi connectivity index (χ1) is 5.97. The van der Waals surface area contributed by atoms with Crippen LogP contribution in [-0.2, 0) is 14.3 Å². The summed E-state index contributed by atoms with van der Waals surface area (Å²) in [5, 5.41) is 9.85. The highest BCUT2D eigenvalue weighted by atomic mass is 16.6. The highest BCUT2D eigenvalue weighted by molar-refractivity contribution is 5.78. The number of rotatable bonds is 0. The van der Waals surface area contributed by atoms with Gasteiger partial charge in [-0.2, -0.15) is 0 Å². The number of hydrogen-bond acceptors (Lipinski definition) is 4. The lowest BCUT2D eigenvalue weighted by atomic mass is 9.74. The van der Waals surface area contributed by atoms with E-state index in [4.69, 9.17) is 9.47 Å². The molecule has 5 atom stereocenters. The first kappa shape index (κ1) is 7.76. The Kier molecular flexibility index (Phi) is 1.05. The topological polar surface area (TPSA) is 55.8 Å². The summed E-state index contributed by atoms with van der Waals surface area (Å²) in [4.78, 5) is 11.4. The second-order valence-electron chi connectivity index (χ2n) is 4.66. The van der Waals surface area contributed by atoms with Gasteiger partial charge < -0.3 is 14.6 Å². The number of carbonyl (C=O) groups is 1. The van der Waals surface area contributed by atoms with Gasteiger partial charge in [0.05, 0.1) is 11.5 Å². The van der Waals surface area contributed by atoms with Gasteiger partial charge in [0, 0.05) is 0 Å². The van der Waals surface area contributed by atoms with Crippen molar-refractivity contribution in [2.75, 3.05) is 0 Å². The molecule has 3 aliphatic rings. The van der Waals surface area contributed by atoms with Crippen molar-refractivity contribution in [2.45, 2.75) is 43.7 Å². The standard InChI is InChI=1S/C9H12O4/c1-8-3-4-7(11)12-6(5(8)10)9(4,2)13-8/h4-6,10H,3H2,1-2H3. The average Bonchev–Trinajstić information content (AvgIpc) is 2.46. The summed E-state index contributed by atoms with van der Waals surface area (Å²) >= 11 is 0. The highest BCUT2D eigenvalue weighted by Crippen LogP contribution is 2.58. The lowest BCUT2D eigenvalue weighted by molar-refractivity contribution is -0.146. The molecular weight excluding hydrogens is 172 g/mol. The zero-order valence-electron chi connectivity index (χ0n) is 7.61.